The summed E-state index contributed by atoms with van der Waals surface area (Å²) in [6.07, 6.45) is -4.42. The highest BCUT2D eigenvalue weighted by atomic mass is 19.4. The monoisotopic (exact) mass is 248 g/mol. The maximum absolute atomic E-state index is 12.0. The number of nitrogen functional groups attached to an aromatic ring is 1. The Balaban J connectivity index is 2.91. The summed E-state index contributed by atoms with van der Waals surface area (Å²) in [7, 11) is 1.35. The second-order valence-electron chi connectivity index (χ2n) is 3.21. The van der Waals surface area contributed by atoms with Gasteiger partial charge in [0.2, 0.25) is 0 Å². The normalized spacial score (nSPS) is 11.1. The fourth-order valence-corrected chi connectivity index (χ4v) is 1.09. The minimum atomic E-state index is -4.42. The van der Waals surface area contributed by atoms with Crippen LogP contribution in [0.15, 0.2) is 18.2 Å². The third-order valence-electron chi connectivity index (χ3n) is 1.83. The van der Waals surface area contributed by atoms with Crippen molar-refractivity contribution in [3.63, 3.8) is 0 Å². The molecular weight excluding hydrogens is 237 g/mol. The van der Waals surface area contributed by atoms with Crippen molar-refractivity contribution < 1.29 is 22.6 Å². The van der Waals surface area contributed by atoms with Crippen LogP contribution in [-0.2, 0) is 0 Å². The van der Waals surface area contributed by atoms with Gasteiger partial charge in [0.25, 0.3) is 0 Å². The quantitative estimate of drug-likeness (QED) is 0.631. The molecule has 0 saturated heterocycles. The Kier molecular flexibility index (Phi) is 3.82. The standard InChI is InChI=1S/C10H11F3N2O2/c1-16-7-2-6(9(14)15)3-8(4-7)17-5-10(11,12)13/h2-4H,5H2,1H3,(H3,14,15). The van der Waals surface area contributed by atoms with Gasteiger partial charge < -0.3 is 15.2 Å². The molecule has 0 heterocycles. The molecule has 0 fully saturated rings. The number of halogens is 3. The van der Waals surface area contributed by atoms with Gasteiger partial charge in [0.1, 0.15) is 17.3 Å². The average molecular weight is 248 g/mol. The van der Waals surface area contributed by atoms with E-state index in [0.717, 1.165) is 0 Å². The van der Waals surface area contributed by atoms with Crippen LogP contribution in [0, 0.1) is 5.41 Å². The smallest absolute Gasteiger partial charge is 0.422 e. The van der Waals surface area contributed by atoms with E-state index in [4.69, 9.17) is 15.9 Å². The van der Waals surface area contributed by atoms with E-state index in [1.165, 1.54) is 25.3 Å². The van der Waals surface area contributed by atoms with E-state index in [0.29, 0.717) is 0 Å². The van der Waals surface area contributed by atoms with Crippen molar-refractivity contribution >= 4 is 5.84 Å². The molecule has 94 valence electrons. The van der Waals surface area contributed by atoms with E-state index in [9.17, 15) is 13.2 Å². The van der Waals surface area contributed by atoms with Crippen molar-refractivity contribution in [2.45, 2.75) is 6.18 Å². The summed E-state index contributed by atoms with van der Waals surface area (Å²) in [6.45, 7) is -1.41. The molecule has 0 aliphatic heterocycles. The summed E-state index contributed by atoms with van der Waals surface area (Å²) in [5.74, 6) is -0.0532. The summed E-state index contributed by atoms with van der Waals surface area (Å²) in [5, 5.41) is 7.20. The lowest BCUT2D eigenvalue weighted by Crippen LogP contribution is -2.19. The molecule has 7 heteroatoms. The zero-order valence-electron chi connectivity index (χ0n) is 8.97. The van der Waals surface area contributed by atoms with Gasteiger partial charge >= 0.3 is 6.18 Å². The van der Waals surface area contributed by atoms with Crippen LogP contribution in [0.5, 0.6) is 11.5 Å². The number of nitrogens with one attached hydrogen (secondary N) is 1. The summed E-state index contributed by atoms with van der Waals surface area (Å²) in [5.41, 5.74) is 5.48. The molecule has 0 atom stereocenters. The molecule has 0 saturated carbocycles. The lowest BCUT2D eigenvalue weighted by atomic mass is 10.2. The number of methoxy groups -OCH3 is 1. The molecule has 0 spiro atoms. The van der Waals surface area contributed by atoms with Crippen LogP contribution >= 0.6 is 0 Å². The summed E-state index contributed by atoms with van der Waals surface area (Å²) >= 11 is 0. The number of alkyl halides is 3. The van der Waals surface area contributed by atoms with Crippen LogP contribution in [0.3, 0.4) is 0 Å². The number of amidine groups is 1. The third kappa shape index (κ3) is 4.21. The first-order valence-corrected chi connectivity index (χ1v) is 4.55. The zero-order chi connectivity index (χ0) is 13.1. The van der Waals surface area contributed by atoms with Gasteiger partial charge in [-0.25, -0.2) is 0 Å². The molecule has 3 N–H and O–H groups in total. The van der Waals surface area contributed by atoms with Crippen molar-refractivity contribution in [1.29, 1.82) is 5.41 Å². The van der Waals surface area contributed by atoms with Crippen LogP contribution in [0.2, 0.25) is 0 Å². The Morgan fingerprint density at radius 2 is 1.88 bits per heavy atom. The minimum absolute atomic E-state index is 0.0492. The molecule has 0 radical (unpaired) electrons. The Labute approximate surface area is 95.6 Å². The van der Waals surface area contributed by atoms with Crippen molar-refractivity contribution in [1.82, 2.24) is 0 Å². The van der Waals surface area contributed by atoms with E-state index in [-0.39, 0.29) is 22.9 Å². The maximum Gasteiger partial charge on any atom is 0.422 e. The topological polar surface area (TPSA) is 68.3 Å². The second-order valence-corrected chi connectivity index (χ2v) is 3.21. The molecule has 0 aliphatic rings. The first-order chi connectivity index (χ1) is 7.81. The molecule has 0 aromatic heterocycles. The van der Waals surface area contributed by atoms with Crippen LogP contribution < -0.4 is 15.2 Å². The SMILES string of the molecule is COc1cc(OCC(F)(F)F)cc(C(=N)N)c1. The molecule has 0 bridgehead atoms. The number of hydrogen-bond acceptors (Lipinski definition) is 3. The zero-order valence-corrected chi connectivity index (χ0v) is 8.97. The molecule has 0 aliphatic carbocycles. The molecule has 17 heavy (non-hydrogen) atoms. The largest absolute Gasteiger partial charge is 0.497 e. The minimum Gasteiger partial charge on any atom is -0.497 e. The molecule has 0 amide bonds. The maximum atomic E-state index is 12.0. The fourth-order valence-electron chi connectivity index (χ4n) is 1.09. The van der Waals surface area contributed by atoms with E-state index >= 15 is 0 Å². The highest BCUT2D eigenvalue weighted by molar-refractivity contribution is 5.95. The summed E-state index contributed by atoms with van der Waals surface area (Å²) in [6, 6.07) is 3.97. The lowest BCUT2D eigenvalue weighted by molar-refractivity contribution is -0.153. The number of rotatable bonds is 4. The van der Waals surface area contributed by atoms with Crippen LogP contribution in [0.25, 0.3) is 0 Å². The van der Waals surface area contributed by atoms with Gasteiger partial charge in [-0.15, -0.1) is 0 Å². The van der Waals surface area contributed by atoms with E-state index < -0.39 is 12.8 Å². The van der Waals surface area contributed by atoms with Crippen LogP contribution in [0.4, 0.5) is 13.2 Å². The predicted molar refractivity (Wildman–Crippen MR) is 55.6 cm³/mol. The molecular formula is C10H11F3N2O2. The predicted octanol–water partition coefficient (Wildman–Crippen LogP) is 1.92. The van der Waals surface area contributed by atoms with E-state index in [1.54, 1.807) is 0 Å². The Morgan fingerprint density at radius 1 is 1.29 bits per heavy atom. The molecule has 0 unspecified atom stereocenters. The van der Waals surface area contributed by atoms with Crippen molar-refractivity contribution in [3.8, 4) is 11.5 Å². The third-order valence-corrected chi connectivity index (χ3v) is 1.83. The Bertz CT molecular complexity index is 419. The second kappa shape index (κ2) is 4.94. The molecule has 1 rings (SSSR count). The van der Waals surface area contributed by atoms with Gasteiger partial charge in [0, 0.05) is 11.6 Å². The molecule has 4 nitrogen and oxygen atoms in total. The van der Waals surface area contributed by atoms with Crippen LogP contribution in [0.1, 0.15) is 5.56 Å². The molecule has 1 aromatic rings. The van der Waals surface area contributed by atoms with Crippen LogP contribution in [-0.4, -0.2) is 25.7 Å². The van der Waals surface area contributed by atoms with E-state index in [2.05, 4.69) is 4.74 Å². The molecule has 1 aromatic carbocycles. The first-order valence-electron chi connectivity index (χ1n) is 4.55. The Morgan fingerprint density at radius 3 is 2.35 bits per heavy atom. The van der Waals surface area contributed by atoms with Gasteiger partial charge in [-0.2, -0.15) is 13.2 Å². The highest BCUT2D eigenvalue weighted by Gasteiger charge is 2.28. The van der Waals surface area contributed by atoms with E-state index in [1.807, 2.05) is 0 Å². The Hall–Kier alpha value is -1.92. The highest BCUT2D eigenvalue weighted by Crippen LogP contribution is 2.24. The van der Waals surface area contributed by atoms with Gasteiger partial charge in [0.15, 0.2) is 6.61 Å². The van der Waals surface area contributed by atoms with Gasteiger partial charge in [0.05, 0.1) is 7.11 Å². The van der Waals surface area contributed by atoms with Gasteiger partial charge in [-0.1, -0.05) is 0 Å². The number of hydrogen-bond donors (Lipinski definition) is 2. The summed E-state index contributed by atoms with van der Waals surface area (Å²) in [4.78, 5) is 0. The van der Waals surface area contributed by atoms with Crippen molar-refractivity contribution in [3.05, 3.63) is 23.8 Å². The van der Waals surface area contributed by atoms with Crippen molar-refractivity contribution in [2.24, 2.45) is 5.73 Å². The van der Waals surface area contributed by atoms with Gasteiger partial charge in [-0.3, -0.25) is 5.41 Å². The number of benzene rings is 1. The van der Waals surface area contributed by atoms with Gasteiger partial charge in [-0.05, 0) is 12.1 Å². The average Bonchev–Trinajstić information content (AvgIpc) is 2.25. The fraction of sp³-hybridized carbons (Fsp3) is 0.300. The van der Waals surface area contributed by atoms with Crippen molar-refractivity contribution in [2.75, 3.05) is 13.7 Å². The summed E-state index contributed by atoms with van der Waals surface area (Å²) < 4.78 is 45.3. The number of nitrogens with two attached hydrogens (primary N) is 1. The lowest BCUT2D eigenvalue weighted by Gasteiger charge is -2.11. The number of ether oxygens (including phenoxy) is 2. The first kappa shape index (κ1) is 13.1.